The smallest absolute Gasteiger partial charge is 0.417 e. The Hall–Kier alpha value is -1.59. The first-order chi connectivity index (χ1) is 12.3. The predicted octanol–water partition coefficient (Wildman–Crippen LogP) is 6.92. The minimum absolute atomic E-state index is 0.327. The number of esters is 1. The molecule has 1 aromatic carbocycles. The third-order valence-corrected chi connectivity index (χ3v) is 4.37. The van der Waals surface area contributed by atoms with Gasteiger partial charge in [-0.25, -0.2) is 9.18 Å². The Morgan fingerprint density at radius 2 is 1.65 bits per heavy atom. The number of carbonyl (C=O) groups excluding carboxylic acids is 1. The molecule has 0 amide bonds. The molecule has 0 fully saturated rings. The van der Waals surface area contributed by atoms with Gasteiger partial charge in [-0.2, -0.15) is 13.2 Å². The van der Waals surface area contributed by atoms with Crippen LogP contribution < -0.4 is 0 Å². The van der Waals surface area contributed by atoms with Gasteiger partial charge in [0.25, 0.3) is 0 Å². The summed E-state index contributed by atoms with van der Waals surface area (Å²) in [7, 11) is 0. The minimum atomic E-state index is -4.81. The van der Waals surface area contributed by atoms with E-state index in [4.69, 9.17) is 4.74 Å². The van der Waals surface area contributed by atoms with Crippen LogP contribution in [0.3, 0.4) is 0 Å². The summed E-state index contributed by atoms with van der Waals surface area (Å²) in [4.78, 5) is 12.2. The molecule has 0 N–H and O–H groups in total. The topological polar surface area (TPSA) is 26.3 Å². The Morgan fingerprint density at radius 3 is 2.23 bits per heavy atom. The van der Waals surface area contributed by atoms with E-state index in [-0.39, 0.29) is 0 Å². The Morgan fingerprint density at radius 1 is 1.04 bits per heavy atom. The largest absolute Gasteiger partial charge is 0.459 e. The van der Waals surface area contributed by atoms with Crippen LogP contribution >= 0.6 is 0 Å². The summed E-state index contributed by atoms with van der Waals surface area (Å²) < 4.78 is 57.4. The quantitative estimate of drug-likeness (QED) is 0.238. The molecule has 1 unspecified atom stereocenters. The zero-order chi connectivity index (χ0) is 19.6. The third kappa shape index (κ3) is 7.75. The molecule has 1 aromatic rings. The molecule has 2 nitrogen and oxygen atoms in total. The second kappa shape index (κ2) is 11.2. The lowest BCUT2D eigenvalue weighted by Gasteiger charge is -2.18. The molecule has 0 aliphatic heterocycles. The average molecular weight is 376 g/mol. The standard InChI is InChI=1S/C20H28F4O2/c1-3-5-6-7-8-9-10-11-16(4-2)26-19(25)17-13-12-15(21)14-18(17)20(22,23)24/h12-14,16H,3-11H2,1-2H3. The minimum Gasteiger partial charge on any atom is -0.459 e. The number of halogens is 4. The summed E-state index contributed by atoms with van der Waals surface area (Å²) in [5, 5.41) is 0. The molecule has 26 heavy (non-hydrogen) atoms. The number of ether oxygens (including phenoxy) is 1. The number of unbranched alkanes of at least 4 members (excludes halogenated alkanes) is 6. The van der Waals surface area contributed by atoms with Crippen molar-refractivity contribution in [1.82, 2.24) is 0 Å². The highest BCUT2D eigenvalue weighted by atomic mass is 19.4. The van der Waals surface area contributed by atoms with E-state index in [0.29, 0.717) is 18.9 Å². The molecule has 148 valence electrons. The second-order valence-electron chi connectivity index (χ2n) is 6.53. The molecule has 6 heteroatoms. The molecular weight excluding hydrogens is 348 g/mol. The normalized spacial score (nSPS) is 12.8. The van der Waals surface area contributed by atoms with Gasteiger partial charge >= 0.3 is 12.1 Å². The SMILES string of the molecule is CCCCCCCCCC(CC)OC(=O)c1ccc(F)cc1C(F)(F)F. The highest BCUT2D eigenvalue weighted by Crippen LogP contribution is 2.33. The summed E-state index contributed by atoms with van der Waals surface area (Å²) in [6, 6.07) is 2.00. The molecule has 0 aliphatic rings. The average Bonchev–Trinajstić information content (AvgIpc) is 2.58. The lowest BCUT2D eigenvalue weighted by molar-refractivity contribution is -0.138. The first kappa shape index (κ1) is 22.5. The van der Waals surface area contributed by atoms with Crippen LogP contribution in [0, 0.1) is 5.82 Å². The first-order valence-corrected chi connectivity index (χ1v) is 9.37. The Kier molecular flexibility index (Phi) is 9.66. The molecule has 0 aliphatic carbocycles. The van der Waals surface area contributed by atoms with E-state index in [9.17, 15) is 22.4 Å². The molecule has 0 saturated heterocycles. The van der Waals surface area contributed by atoms with Gasteiger partial charge in [0.2, 0.25) is 0 Å². The Balaban J connectivity index is 2.57. The lowest BCUT2D eigenvalue weighted by Crippen LogP contribution is -2.21. The van der Waals surface area contributed by atoms with Crippen LogP contribution in [0.2, 0.25) is 0 Å². The molecule has 0 radical (unpaired) electrons. The van der Waals surface area contributed by atoms with Gasteiger partial charge < -0.3 is 4.74 Å². The van der Waals surface area contributed by atoms with Crippen LogP contribution in [-0.4, -0.2) is 12.1 Å². The number of rotatable bonds is 11. The molecule has 0 bridgehead atoms. The summed E-state index contributed by atoms with van der Waals surface area (Å²) in [6.07, 6.45) is 3.73. The van der Waals surface area contributed by atoms with Crippen LogP contribution in [-0.2, 0) is 10.9 Å². The van der Waals surface area contributed by atoms with Crippen LogP contribution in [0.15, 0.2) is 18.2 Å². The Labute approximate surface area is 152 Å². The maximum Gasteiger partial charge on any atom is 0.417 e. The number of benzene rings is 1. The third-order valence-electron chi connectivity index (χ3n) is 4.37. The van der Waals surface area contributed by atoms with Crippen molar-refractivity contribution in [2.75, 3.05) is 0 Å². The summed E-state index contributed by atoms with van der Waals surface area (Å²) in [5.74, 6) is -2.09. The zero-order valence-corrected chi connectivity index (χ0v) is 15.5. The van der Waals surface area contributed by atoms with E-state index in [2.05, 4.69) is 6.92 Å². The van der Waals surface area contributed by atoms with Crippen molar-refractivity contribution in [3.63, 3.8) is 0 Å². The van der Waals surface area contributed by atoms with E-state index in [0.717, 1.165) is 31.4 Å². The van der Waals surface area contributed by atoms with E-state index in [1.54, 1.807) is 0 Å². The number of hydrogen-bond donors (Lipinski definition) is 0. The summed E-state index contributed by atoms with van der Waals surface area (Å²) in [6.45, 7) is 3.99. The monoisotopic (exact) mass is 376 g/mol. The molecular formula is C20H28F4O2. The number of hydrogen-bond acceptors (Lipinski definition) is 2. The van der Waals surface area contributed by atoms with Gasteiger partial charge in [-0.15, -0.1) is 0 Å². The van der Waals surface area contributed by atoms with Crippen molar-refractivity contribution in [2.45, 2.75) is 83.9 Å². The van der Waals surface area contributed by atoms with Crippen molar-refractivity contribution in [3.8, 4) is 0 Å². The van der Waals surface area contributed by atoms with Crippen molar-refractivity contribution in [2.24, 2.45) is 0 Å². The molecule has 1 atom stereocenters. The van der Waals surface area contributed by atoms with Gasteiger partial charge in [-0.1, -0.05) is 52.4 Å². The molecule has 0 heterocycles. The number of carbonyl (C=O) groups is 1. The maximum absolute atomic E-state index is 13.1. The van der Waals surface area contributed by atoms with E-state index < -0.39 is 35.2 Å². The van der Waals surface area contributed by atoms with Gasteiger partial charge in [0, 0.05) is 0 Å². The molecule has 0 aromatic heterocycles. The van der Waals surface area contributed by atoms with Crippen molar-refractivity contribution in [1.29, 1.82) is 0 Å². The van der Waals surface area contributed by atoms with Gasteiger partial charge in [0.05, 0.1) is 11.1 Å². The Bertz CT molecular complexity index is 555. The van der Waals surface area contributed by atoms with Crippen LogP contribution in [0.25, 0.3) is 0 Å². The van der Waals surface area contributed by atoms with Gasteiger partial charge in [-0.05, 0) is 37.5 Å². The second-order valence-corrected chi connectivity index (χ2v) is 6.53. The predicted molar refractivity (Wildman–Crippen MR) is 93.5 cm³/mol. The van der Waals surface area contributed by atoms with Crippen molar-refractivity contribution >= 4 is 5.97 Å². The summed E-state index contributed by atoms with van der Waals surface area (Å²) in [5.41, 5.74) is -1.94. The lowest BCUT2D eigenvalue weighted by atomic mass is 10.0. The van der Waals surface area contributed by atoms with E-state index in [1.807, 2.05) is 6.92 Å². The fourth-order valence-corrected chi connectivity index (χ4v) is 2.82. The zero-order valence-electron chi connectivity index (χ0n) is 15.5. The van der Waals surface area contributed by atoms with Crippen LogP contribution in [0.5, 0.6) is 0 Å². The van der Waals surface area contributed by atoms with E-state index >= 15 is 0 Å². The number of alkyl halides is 3. The van der Waals surface area contributed by atoms with E-state index in [1.165, 1.54) is 25.7 Å². The highest BCUT2D eigenvalue weighted by Gasteiger charge is 2.36. The van der Waals surface area contributed by atoms with Crippen LogP contribution in [0.1, 0.15) is 87.6 Å². The fourth-order valence-electron chi connectivity index (χ4n) is 2.82. The van der Waals surface area contributed by atoms with Gasteiger partial charge in [0.1, 0.15) is 11.9 Å². The first-order valence-electron chi connectivity index (χ1n) is 9.37. The highest BCUT2D eigenvalue weighted by molar-refractivity contribution is 5.91. The summed E-state index contributed by atoms with van der Waals surface area (Å²) >= 11 is 0. The molecule has 0 saturated carbocycles. The van der Waals surface area contributed by atoms with Crippen LogP contribution in [0.4, 0.5) is 17.6 Å². The van der Waals surface area contributed by atoms with Crippen molar-refractivity contribution < 1.29 is 27.1 Å². The van der Waals surface area contributed by atoms with Gasteiger partial charge in [-0.3, -0.25) is 0 Å². The fraction of sp³-hybridized carbons (Fsp3) is 0.650. The van der Waals surface area contributed by atoms with Gasteiger partial charge in [0.15, 0.2) is 0 Å². The maximum atomic E-state index is 13.1. The molecule has 0 spiro atoms. The molecule has 1 rings (SSSR count). The van der Waals surface area contributed by atoms with Crippen molar-refractivity contribution in [3.05, 3.63) is 35.1 Å².